The molecule has 0 fully saturated rings. The predicted molar refractivity (Wildman–Crippen MR) is 81.6 cm³/mol. The summed E-state index contributed by atoms with van der Waals surface area (Å²) in [6.07, 6.45) is 5.28. The second-order valence-corrected chi connectivity index (χ2v) is 5.27. The van der Waals surface area contributed by atoms with E-state index in [1.54, 1.807) is 18.5 Å². The van der Waals surface area contributed by atoms with Gasteiger partial charge in [-0.15, -0.1) is 0 Å². The van der Waals surface area contributed by atoms with Crippen LogP contribution in [0.4, 0.5) is 10.1 Å². The van der Waals surface area contributed by atoms with Gasteiger partial charge in [-0.05, 0) is 59.2 Å². The highest BCUT2D eigenvalue weighted by Gasteiger charge is 2.06. The fraction of sp³-hybridized carbons (Fsp3) is 0.214. The number of rotatable bonds is 5. The quantitative estimate of drug-likeness (QED) is 0.497. The van der Waals surface area contributed by atoms with Gasteiger partial charge in [-0.2, -0.15) is 0 Å². The molecule has 5 heteroatoms. The molecule has 0 unspecified atom stereocenters. The SMILES string of the molecule is Nc1cc(I)c(F)cc1OCCCc1ccncc1. The average molecular weight is 372 g/mol. The third kappa shape index (κ3) is 4.05. The number of ether oxygens (including phenoxy) is 1. The van der Waals surface area contributed by atoms with E-state index < -0.39 is 0 Å². The number of aryl methyl sites for hydroxylation is 1. The van der Waals surface area contributed by atoms with Crippen molar-refractivity contribution in [3.05, 3.63) is 51.6 Å². The molecular formula is C14H14FIN2O. The van der Waals surface area contributed by atoms with E-state index in [1.165, 1.54) is 11.6 Å². The number of aromatic nitrogens is 1. The minimum absolute atomic E-state index is 0.307. The van der Waals surface area contributed by atoms with Gasteiger partial charge in [0.05, 0.1) is 15.9 Å². The number of nitrogens with zero attached hydrogens (tertiary/aromatic N) is 1. The third-order valence-electron chi connectivity index (χ3n) is 2.67. The third-order valence-corrected chi connectivity index (χ3v) is 3.50. The van der Waals surface area contributed by atoms with Crippen molar-refractivity contribution in [2.24, 2.45) is 0 Å². The molecule has 0 aliphatic carbocycles. The van der Waals surface area contributed by atoms with Crippen LogP contribution in [0.5, 0.6) is 5.75 Å². The van der Waals surface area contributed by atoms with Crippen molar-refractivity contribution in [1.29, 1.82) is 0 Å². The van der Waals surface area contributed by atoms with Crippen LogP contribution in [0.1, 0.15) is 12.0 Å². The molecule has 0 bridgehead atoms. The molecule has 2 aromatic rings. The van der Waals surface area contributed by atoms with Crippen molar-refractivity contribution in [1.82, 2.24) is 4.98 Å². The van der Waals surface area contributed by atoms with Crippen LogP contribution in [-0.4, -0.2) is 11.6 Å². The van der Waals surface area contributed by atoms with Gasteiger partial charge in [0.25, 0.3) is 0 Å². The zero-order chi connectivity index (χ0) is 13.7. The number of pyridine rings is 1. The largest absolute Gasteiger partial charge is 0.491 e. The van der Waals surface area contributed by atoms with E-state index in [9.17, 15) is 4.39 Å². The Morgan fingerprint density at radius 2 is 2.00 bits per heavy atom. The van der Waals surface area contributed by atoms with Crippen LogP contribution < -0.4 is 10.5 Å². The van der Waals surface area contributed by atoms with Gasteiger partial charge in [0.1, 0.15) is 11.6 Å². The molecule has 0 aliphatic rings. The lowest BCUT2D eigenvalue weighted by molar-refractivity contribution is 0.311. The Bertz CT molecular complexity index is 549. The minimum atomic E-state index is -0.307. The van der Waals surface area contributed by atoms with E-state index in [4.69, 9.17) is 10.5 Å². The Morgan fingerprint density at radius 1 is 1.26 bits per heavy atom. The monoisotopic (exact) mass is 372 g/mol. The summed E-state index contributed by atoms with van der Waals surface area (Å²) in [5.74, 6) is 0.103. The Balaban J connectivity index is 1.85. The second-order valence-electron chi connectivity index (χ2n) is 4.11. The lowest BCUT2D eigenvalue weighted by Gasteiger charge is -2.09. The normalized spacial score (nSPS) is 10.4. The Kier molecular flexibility index (Phi) is 4.95. The molecule has 0 atom stereocenters. The van der Waals surface area contributed by atoms with E-state index in [-0.39, 0.29) is 5.82 Å². The van der Waals surface area contributed by atoms with Crippen LogP contribution in [0.25, 0.3) is 0 Å². The van der Waals surface area contributed by atoms with Crippen LogP contribution in [0, 0.1) is 9.39 Å². The first kappa shape index (κ1) is 14.0. The number of hydrogen-bond donors (Lipinski definition) is 1. The number of benzene rings is 1. The van der Waals surface area contributed by atoms with Crippen LogP contribution in [-0.2, 0) is 6.42 Å². The van der Waals surface area contributed by atoms with Crippen LogP contribution >= 0.6 is 22.6 Å². The molecule has 19 heavy (non-hydrogen) atoms. The van der Waals surface area contributed by atoms with Gasteiger partial charge in [-0.1, -0.05) is 0 Å². The van der Waals surface area contributed by atoms with E-state index >= 15 is 0 Å². The van der Waals surface area contributed by atoms with E-state index in [0.29, 0.717) is 21.6 Å². The van der Waals surface area contributed by atoms with E-state index in [2.05, 4.69) is 4.98 Å². The summed E-state index contributed by atoms with van der Waals surface area (Å²) in [6, 6.07) is 6.86. The minimum Gasteiger partial charge on any atom is -0.491 e. The van der Waals surface area contributed by atoms with E-state index in [1.807, 2.05) is 34.7 Å². The van der Waals surface area contributed by atoms with Gasteiger partial charge in [-0.3, -0.25) is 4.98 Å². The van der Waals surface area contributed by atoms with Gasteiger partial charge >= 0.3 is 0 Å². The molecular weight excluding hydrogens is 358 g/mol. The standard InChI is InChI=1S/C14H14FIN2O/c15-11-8-14(13(17)9-12(11)16)19-7-1-2-10-3-5-18-6-4-10/h3-6,8-9H,1-2,7,17H2. The van der Waals surface area contributed by atoms with Crippen LogP contribution in [0.3, 0.4) is 0 Å². The molecule has 2 N–H and O–H groups in total. The van der Waals surface area contributed by atoms with Gasteiger partial charge < -0.3 is 10.5 Å². The fourth-order valence-corrected chi connectivity index (χ4v) is 2.17. The zero-order valence-electron chi connectivity index (χ0n) is 10.3. The fourth-order valence-electron chi connectivity index (χ4n) is 1.68. The predicted octanol–water partition coefficient (Wildman–Crippen LogP) is 3.42. The zero-order valence-corrected chi connectivity index (χ0v) is 12.4. The maximum absolute atomic E-state index is 13.4. The molecule has 0 spiro atoms. The number of anilines is 1. The molecule has 2 rings (SSSR count). The van der Waals surface area contributed by atoms with Gasteiger partial charge in [0.2, 0.25) is 0 Å². The first-order valence-electron chi connectivity index (χ1n) is 5.93. The first-order valence-corrected chi connectivity index (χ1v) is 7.01. The molecule has 3 nitrogen and oxygen atoms in total. The van der Waals surface area contributed by atoms with Crippen molar-refractivity contribution >= 4 is 28.3 Å². The second kappa shape index (κ2) is 6.70. The maximum Gasteiger partial charge on any atom is 0.145 e. The number of hydrogen-bond acceptors (Lipinski definition) is 3. The number of halogens is 2. The van der Waals surface area contributed by atoms with Crippen molar-refractivity contribution in [2.45, 2.75) is 12.8 Å². The summed E-state index contributed by atoms with van der Waals surface area (Å²) in [4.78, 5) is 3.96. The van der Waals surface area contributed by atoms with Gasteiger partial charge in [0.15, 0.2) is 0 Å². The molecule has 0 radical (unpaired) electrons. The summed E-state index contributed by atoms with van der Waals surface area (Å²) in [5, 5.41) is 0. The summed E-state index contributed by atoms with van der Waals surface area (Å²) < 4.78 is 19.4. The molecule has 0 aliphatic heterocycles. The lowest BCUT2D eigenvalue weighted by atomic mass is 10.1. The molecule has 1 aromatic heterocycles. The topological polar surface area (TPSA) is 48.1 Å². The Labute approximate surface area is 125 Å². The average Bonchev–Trinajstić information content (AvgIpc) is 2.41. The molecule has 1 heterocycles. The van der Waals surface area contributed by atoms with Crippen LogP contribution in [0.15, 0.2) is 36.7 Å². The summed E-state index contributed by atoms with van der Waals surface area (Å²) >= 11 is 1.90. The highest BCUT2D eigenvalue weighted by Crippen LogP contribution is 2.26. The highest BCUT2D eigenvalue weighted by atomic mass is 127. The van der Waals surface area contributed by atoms with Crippen molar-refractivity contribution < 1.29 is 9.13 Å². The smallest absolute Gasteiger partial charge is 0.145 e. The van der Waals surface area contributed by atoms with Crippen molar-refractivity contribution in [3.8, 4) is 5.75 Å². The van der Waals surface area contributed by atoms with Gasteiger partial charge in [0, 0.05) is 18.5 Å². The Hall–Kier alpha value is -1.37. The van der Waals surface area contributed by atoms with Crippen molar-refractivity contribution in [3.63, 3.8) is 0 Å². The van der Waals surface area contributed by atoms with Gasteiger partial charge in [-0.25, -0.2) is 4.39 Å². The first-order chi connectivity index (χ1) is 9.16. The molecule has 0 saturated carbocycles. The number of nitrogen functional groups attached to an aromatic ring is 1. The highest BCUT2D eigenvalue weighted by molar-refractivity contribution is 14.1. The number of nitrogens with two attached hydrogens (primary N) is 1. The van der Waals surface area contributed by atoms with Crippen LogP contribution in [0.2, 0.25) is 0 Å². The summed E-state index contributed by atoms with van der Waals surface area (Å²) in [7, 11) is 0. The lowest BCUT2D eigenvalue weighted by Crippen LogP contribution is -2.03. The summed E-state index contributed by atoms with van der Waals surface area (Å²) in [5.41, 5.74) is 7.45. The van der Waals surface area contributed by atoms with E-state index in [0.717, 1.165) is 12.8 Å². The summed E-state index contributed by atoms with van der Waals surface area (Å²) in [6.45, 7) is 0.507. The molecule has 0 amide bonds. The molecule has 100 valence electrons. The molecule has 1 aromatic carbocycles. The maximum atomic E-state index is 13.4. The Morgan fingerprint density at radius 3 is 2.74 bits per heavy atom. The van der Waals surface area contributed by atoms with Crippen molar-refractivity contribution in [2.75, 3.05) is 12.3 Å². The molecule has 0 saturated heterocycles.